The average Bonchev–Trinajstić information content (AvgIpc) is 3.87. The Hall–Kier alpha value is -4.34. The van der Waals surface area contributed by atoms with Crippen LogP contribution in [0.2, 0.25) is 5.02 Å². The lowest BCUT2D eigenvalue weighted by molar-refractivity contribution is -0.197. The number of esters is 1. The lowest BCUT2D eigenvalue weighted by Gasteiger charge is -2.42. The van der Waals surface area contributed by atoms with E-state index in [2.05, 4.69) is 5.32 Å². The van der Waals surface area contributed by atoms with E-state index in [4.69, 9.17) is 40.1 Å². The predicted octanol–water partition coefficient (Wildman–Crippen LogP) is 5.45. The molecule has 4 aliphatic heterocycles. The number of carbonyl (C=O) groups is 7. The molecule has 5 rings (SSSR count). The fraction of sp³-hybridized carbons (Fsp3) is 0.622. The molecule has 4 heterocycles. The summed E-state index contributed by atoms with van der Waals surface area (Å²) in [5.41, 5.74) is -1.11. The standard InChI is InChI=1S/C45H61ClN4O14S2/c1-25-12-11-13-32(60-10)45(58)24-31(61-42(57)47-45)26(2)40-44(6,63-40)33(23-37(54)49(8)29-21-28(20-25)22-30(59-9)39(29)46)62-41(56)27(3)48(7)34(51)16-18-43(4,5)66-65-19-17-38(55)64-50-35(52)14-15-36(50)53/h11-13,21-22,26-27,31-33,40,58H,14-20,23-24H2,1-10H3,(H,47,57)/b13-11+,25-12-/t26-,27-,31+,32-,33?,40+,44+,45+/m1/s1. The smallest absolute Gasteiger partial charge is 0.409 e. The van der Waals surface area contributed by atoms with Crippen LogP contribution in [-0.2, 0) is 59.0 Å². The van der Waals surface area contributed by atoms with Crippen molar-refractivity contribution < 1.29 is 67.2 Å². The number of alkyl carbamates (subject to hydrolysis) is 1. The molecule has 0 aliphatic carbocycles. The molecule has 1 aromatic rings. The van der Waals surface area contributed by atoms with Crippen molar-refractivity contribution >= 4 is 80.5 Å². The van der Waals surface area contributed by atoms with Gasteiger partial charge in [0.2, 0.25) is 11.8 Å². The van der Waals surface area contributed by atoms with Crippen molar-refractivity contribution in [2.45, 2.75) is 139 Å². The number of epoxide rings is 1. The number of nitrogens with zero attached hydrogens (tertiary/aromatic N) is 3. The van der Waals surface area contributed by atoms with Gasteiger partial charge in [-0.1, -0.05) is 63.9 Å². The molecule has 0 radical (unpaired) electrons. The van der Waals surface area contributed by atoms with Gasteiger partial charge in [0.05, 0.1) is 31.7 Å². The van der Waals surface area contributed by atoms with E-state index in [9.17, 15) is 38.7 Å². The van der Waals surface area contributed by atoms with Crippen LogP contribution in [0.3, 0.4) is 0 Å². The number of likely N-dealkylation sites (N-methyl/N-ethyl adjacent to an activating group) is 1. The number of imide groups is 1. The molecule has 21 heteroatoms. The van der Waals surface area contributed by atoms with E-state index in [1.165, 1.54) is 59.6 Å². The number of fused-ring (bicyclic) bond motifs is 5. The topological polar surface area (TPSA) is 220 Å². The first kappa shape index (κ1) is 52.6. The van der Waals surface area contributed by atoms with Crippen LogP contribution in [0, 0.1) is 5.92 Å². The number of allylic oxidation sites excluding steroid dienone is 3. The summed E-state index contributed by atoms with van der Waals surface area (Å²) in [6.07, 6.45) is 0.994. The highest BCUT2D eigenvalue weighted by Crippen LogP contribution is 2.49. The van der Waals surface area contributed by atoms with Crippen LogP contribution in [0.4, 0.5) is 10.5 Å². The maximum absolute atomic E-state index is 14.3. The molecule has 1 aromatic carbocycles. The molecular weight excluding hydrogens is 920 g/mol. The van der Waals surface area contributed by atoms with Crippen LogP contribution in [0.1, 0.15) is 92.1 Å². The number of halogens is 1. The summed E-state index contributed by atoms with van der Waals surface area (Å²) in [5, 5.41) is 15.0. The number of nitrogens with one attached hydrogen (secondary N) is 1. The van der Waals surface area contributed by atoms with Gasteiger partial charge in [0, 0.05) is 63.3 Å². The second kappa shape index (κ2) is 21.7. The first-order valence-corrected chi connectivity index (χ1v) is 24.3. The fourth-order valence-corrected chi connectivity index (χ4v) is 10.8. The van der Waals surface area contributed by atoms with Crippen molar-refractivity contribution in [3.8, 4) is 5.75 Å². The minimum absolute atomic E-state index is 0.00912. The Morgan fingerprint density at radius 3 is 2.44 bits per heavy atom. The summed E-state index contributed by atoms with van der Waals surface area (Å²) >= 11 is 6.80. The summed E-state index contributed by atoms with van der Waals surface area (Å²) in [6, 6.07) is 2.46. The van der Waals surface area contributed by atoms with E-state index in [0.29, 0.717) is 35.1 Å². The zero-order valence-corrected chi connectivity index (χ0v) is 41.4. The molecule has 8 atom stereocenters. The van der Waals surface area contributed by atoms with Crippen LogP contribution >= 0.6 is 33.2 Å². The van der Waals surface area contributed by atoms with Crippen LogP contribution < -0.4 is 15.0 Å². The van der Waals surface area contributed by atoms with Crippen molar-refractivity contribution in [1.29, 1.82) is 0 Å². The maximum atomic E-state index is 14.3. The Bertz CT molecular complexity index is 2110. The zero-order chi connectivity index (χ0) is 48.9. The normalized spacial score (nSPS) is 28.8. The van der Waals surface area contributed by atoms with Gasteiger partial charge >= 0.3 is 18.0 Å². The highest BCUT2D eigenvalue weighted by molar-refractivity contribution is 8.77. The summed E-state index contributed by atoms with van der Waals surface area (Å²) in [5.74, 6) is -3.29. The van der Waals surface area contributed by atoms with E-state index >= 15 is 0 Å². The van der Waals surface area contributed by atoms with Gasteiger partial charge in [-0.3, -0.25) is 24.5 Å². The Labute approximate surface area is 398 Å². The molecule has 4 bridgehead atoms. The van der Waals surface area contributed by atoms with Gasteiger partial charge < -0.3 is 43.4 Å². The average molecular weight is 982 g/mol. The van der Waals surface area contributed by atoms with Gasteiger partial charge in [0.15, 0.2) is 5.72 Å². The summed E-state index contributed by atoms with van der Waals surface area (Å²) in [7, 11) is 8.78. The molecule has 66 heavy (non-hydrogen) atoms. The number of hydrogen-bond donors (Lipinski definition) is 2. The number of carbonyl (C=O) groups excluding carboxylic acids is 7. The third-order valence-corrected chi connectivity index (χ3v) is 16.1. The van der Waals surface area contributed by atoms with Gasteiger partial charge in [-0.15, -0.1) is 5.06 Å². The first-order chi connectivity index (χ1) is 30.9. The van der Waals surface area contributed by atoms with E-state index in [1.54, 1.807) is 45.2 Å². The molecule has 0 saturated carbocycles. The Kier molecular flexibility index (Phi) is 17.3. The Morgan fingerprint density at radius 2 is 1.79 bits per heavy atom. The quantitative estimate of drug-likeness (QED) is 0.0778. The molecule has 0 spiro atoms. The number of ether oxygens (including phenoxy) is 5. The molecule has 18 nitrogen and oxygen atoms in total. The lowest BCUT2D eigenvalue weighted by atomic mass is 9.83. The number of rotatable bonds is 14. The number of anilines is 1. The molecule has 5 amide bonds. The van der Waals surface area contributed by atoms with Gasteiger partial charge in [0.1, 0.15) is 40.7 Å². The molecule has 4 aliphatic rings. The minimum atomic E-state index is -1.87. The first-order valence-electron chi connectivity index (χ1n) is 21.7. The van der Waals surface area contributed by atoms with Crippen LogP contribution in [0.5, 0.6) is 5.75 Å². The SMILES string of the molecule is COc1cc2cc(c1Cl)N(C)C(=O)CC(OC(=O)[C@@H](C)N(C)C(=O)CCC(C)(C)SSCCC(=O)ON1C(=O)CCC1=O)[C@]1(C)O[C@H]1[C@H](C)[C@@H]1C[C@@](O)(NC(=O)O1)[C@H](OC)/C=C/C=C(/C)C2. The molecule has 2 N–H and O–H groups in total. The van der Waals surface area contributed by atoms with E-state index in [1.807, 2.05) is 26.8 Å². The van der Waals surface area contributed by atoms with Crippen molar-refractivity contribution in [3.63, 3.8) is 0 Å². The number of hydrogen-bond acceptors (Lipinski definition) is 16. The van der Waals surface area contributed by atoms with E-state index in [-0.39, 0.29) is 49.5 Å². The fourth-order valence-electron chi connectivity index (χ4n) is 7.98. The van der Waals surface area contributed by atoms with Crippen LogP contribution in [-0.4, -0.2) is 137 Å². The summed E-state index contributed by atoms with van der Waals surface area (Å²) in [6.45, 7) is 10.8. The van der Waals surface area contributed by atoms with E-state index < -0.39 is 88.2 Å². The Morgan fingerprint density at radius 1 is 1.11 bits per heavy atom. The van der Waals surface area contributed by atoms with Crippen molar-refractivity contribution in [2.24, 2.45) is 5.92 Å². The second-order valence-electron chi connectivity index (χ2n) is 17.9. The number of hydroxylamine groups is 2. The monoisotopic (exact) mass is 980 g/mol. The molecular formula is C45H61ClN4O14S2. The number of methoxy groups -OCH3 is 2. The summed E-state index contributed by atoms with van der Waals surface area (Å²) < 4.78 is 29.0. The predicted molar refractivity (Wildman–Crippen MR) is 246 cm³/mol. The highest BCUT2D eigenvalue weighted by Gasteiger charge is 2.64. The largest absolute Gasteiger partial charge is 0.495 e. The van der Waals surface area contributed by atoms with Crippen LogP contribution in [0.15, 0.2) is 35.9 Å². The number of amides is 5. The lowest BCUT2D eigenvalue weighted by Crippen LogP contribution is -2.63. The van der Waals surface area contributed by atoms with Gasteiger partial charge in [0.25, 0.3) is 11.8 Å². The highest BCUT2D eigenvalue weighted by atomic mass is 35.5. The van der Waals surface area contributed by atoms with E-state index in [0.717, 1.165) is 11.1 Å². The van der Waals surface area contributed by atoms with Crippen LogP contribution in [0.25, 0.3) is 0 Å². The summed E-state index contributed by atoms with van der Waals surface area (Å²) in [4.78, 5) is 98.1. The molecule has 0 aromatic heterocycles. The third-order valence-electron chi connectivity index (χ3n) is 12.3. The molecule has 364 valence electrons. The van der Waals surface area contributed by atoms with Gasteiger partial charge in [-0.05, 0) is 65.2 Å². The maximum Gasteiger partial charge on any atom is 0.409 e. The molecule has 1 unspecified atom stereocenters. The third kappa shape index (κ3) is 12.6. The van der Waals surface area contributed by atoms with Crippen molar-refractivity contribution in [1.82, 2.24) is 15.3 Å². The minimum Gasteiger partial charge on any atom is -0.495 e. The van der Waals surface area contributed by atoms with Crippen molar-refractivity contribution in [2.75, 3.05) is 39.0 Å². The molecule has 3 fully saturated rings. The second-order valence-corrected chi connectivity index (χ2v) is 21.4. The Balaban J connectivity index is 1.31. The molecule has 3 saturated heterocycles. The van der Waals surface area contributed by atoms with Gasteiger partial charge in [-0.25, -0.2) is 14.4 Å². The number of benzene rings is 1. The van der Waals surface area contributed by atoms with Crippen molar-refractivity contribution in [3.05, 3.63) is 46.5 Å². The number of aliphatic hydroxyl groups is 1. The van der Waals surface area contributed by atoms with Gasteiger partial charge in [-0.2, -0.15) is 0 Å². The zero-order valence-electron chi connectivity index (χ0n) is 39.0.